The van der Waals surface area contributed by atoms with E-state index in [-0.39, 0.29) is 13.0 Å². The SMILES string of the molecule is N#Cc1ccc(NC(=O)NC2(C(=O)O)CCOC2)cc1. The summed E-state index contributed by atoms with van der Waals surface area (Å²) in [5, 5.41) is 22.8. The number of carboxylic acids is 1. The molecule has 1 atom stereocenters. The molecule has 1 heterocycles. The maximum Gasteiger partial charge on any atom is 0.332 e. The topological polar surface area (TPSA) is 111 Å². The van der Waals surface area contributed by atoms with E-state index in [1.54, 1.807) is 24.3 Å². The van der Waals surface area contributed by atoms with Crippen LogP contribution < -0.4 is 10.6 Å². The smallest absolute Gasteiger partial charge is 0.332 e. The van der Waals surface area contributed by atoms with Gasteiger partial charge in [0.15, 0.2) is 5.54 Å². The van der Waals surface area contributed by atoms with Gasteiger partial charge in [0, 0.05) is 18.7 Å². The van der Waals surface area contributed by atoms with Crippen molar-refractivity contribution >= 4 is 17.7 Å². The van der Waals surface area contributed by atoms with Gasteiger partial charge in [-0.2, -0.15) is 5.26 Å². The Hall–Kier alpha value is -2.59. The van der Waals surface area contributed by atoms with E-state index in [4.69, 9.17) is 10.00 Å². The van der Waals surface area contributed by atoms with Crippen molar-refractivity contribution in [3.63, 3.8) is 0 Å². The van der Waals surface area contributed by atoms with E-state index in [1.165, 1.54) is 0 Å². The van der Waals surface area contributed by atoms with Crippen LogP contribution in [0.3, 0.4) is 0 Å². The van der Waals surface area contributed by atoms with E-state index < -0.39 is 17.5 Å². The Kier molecular flexibility index (Phi) is 3.86. The minimum absolute atomic E-state index is 0.0525. The Morgan fingerprint density at radius 1 is 1.35 bits per heavy atom. The number of rotatable bonds is 3. The fourth-order valence-electron chi connectivity index (χ4n) is 1.89. The summed E-state index contributed by atoms with van der Waals surface area (Å²) in [7, 11) is 0. The van der Waals surface area contributed by atoms with Crippen molar-refractivity contribution in [2.45, 2.75) is 12.0 Å². The van der Waals surface area contributed by atoms with Gasteiger partial charge in [-0.25, -0.2) is 9.59 Å². The van der Waals surface area contributed by atoms with E-state index >= 15 is 0 Å². The number of nitrogens with zero attached hydrogens (tertiary/aromatic N) is 1. The summed E-state index contributed by atoms with van der Waals surface area (Å²) < 4.78 is 5.04. The molecule has 0 aliphatic carbocycles. The predicted octanol–water partition coefficient (Wildman–Crippen LogP) is 0.923. The highest BCUT2D eigenvalue weighted by Crippen LogP contribution is 2.19. The third-order valence-corrected chi connectivity index (χ3v) is 3.06. The number of amides is 2. The zero-order valence-electron chi connectivity index (χ0n) is 10.5. The largest absolute Gasteiger partial charge is 0.479 e. The molecule has 2 rings (SSSR count). The van der Waals surface area contributed by atoms with E-state index in [0.717, 1.165) is 0 Å². The van der Waals surface area contributed by atoms with E-state index in [0.29, 0.717) is 17.9 Å². The average Bonchev–Trinajstić information content (AvgIpc) is 2.89. The summed E-state index contributed by atoms with van der Waals surface area (Å²) in [6.07, 6.45) is 0.225. The van der Waals surface area contributed by atoms with E-state index in [1.807, 2.05) is 6.07 Å². The third kappa shape index (κ3) is 2.87. The molecule has 7 heteroatoms. The molecule has 1 saturated heterocycles. The molecule has 0 saturated carbocycles. The second kappa shape index (κ2) is 5.59. The lowest BCUT2D eigenvalue weighted by atomic mass is 9.99. The highest BCUT2D eigenvalue weighted by molar-refractivity contribution is 5.94. The number of ether oxygens (including phenoxy) is 1. The monoisotopic (exact) mass is 275 g/mol. The summed E-state index contributed by atoms with van der Waals surface area (Å²) in [6, 6.07) is 7.59. The van der Waals surface area contributed by atoms with Crippen LogP contribution in [-0.4, -0.2) is 35.9 Å². The summed E-state index contributed by atoms with van der Waals surface area (Å²) >= 11 is 0. The number of carbonyl (C=O) groups excluding carboxylic acids is 1. The number of anilines is 1. The van der Waals surface area contributed by atoms with Gasteiger partial charge in [-0.15, -0.1) is 0 Å². The standard InChI is InChI=1S/C13H13N3O4/c14-7-9-1-3-10(4-2-9)15-12(19)16-13(11(17)18)5-6-20-8-13/h1-4H,5-6,8H2,(H,17,18)(H2,15,16,19). The minimum atomic E-state index is -1.38. The van der Waals surface area contributed by atoms with Crippen molar-refractivity contribution in [1.29, 1.82) is 5.26 Å². The zero-order valence-corrected chi connectivity index (χ0v) is 10.5. The fourth-order valence-corrected chi connectivity index (χ4v) is 1.89. The lowest BCUT2D eigenvalue weighted by Gasteiger charge is -2.23. The summed E-state index contributed by atoms with van der Waals surface area (Å²) in [5.41, 5.74) is -0.431. The fraction of sp³-hybridized carbons (Fsp3) is 0.308. The van der Waals surface area contributed by atoms with Gasteiger partial charge in [-0.1, -0.05) is 0 Å². The van der Waals surface area contributed by atoms with Crippen molar-refractivity contribution in [2.75, 3.05) is 18.5 Å². The lowest BCUT2D eigenvalue weighted by Crippen LogP contribution is -2.56. The van der Waals surface area contributed by atoms with Crippen LogP contribution in [0.4, 0.5) is 10.5 Å². The van der Waals surface area contributed by atoms with Gasteiger partial charge in [0.1, 0.15) is 0 Å². The molecular formula is C13H13N3O4. The van der Waals surface area contributed by atoms with Crippen molar-refractivity contribution in [3.8, 4) is 6.07 Å². The average molecular weight is 275 g/mol. The highest BCUT2D eigenvalue weighted by atomic mass is 16.5. The normalized spacial score (nSPS) is 20.9. The van der Waals surface area contributed by atoms with Crippen LogP contribution in [0.5, 0.6) is 0 Å². The van der Waals surface area contributed by atoms with E-state index in [2.05, 4.69) is 10.6 Å². The maximum atomic E-state index is 11.8. The number of carboxylic acid groups (broad SMARTS) is 1. The molecule has 2 amide bonds. The molecule has 1 aliphatic heterocycles. The minimum Gasteiger partial charge on any atom is -0.479 e. The lowest BCUT2D eigenvalue weighted by molar-refractivity contribution is -0.144. The molecule has 0 spiro atoms. The Balaban J connectivity index is 2.01. The zero-order chi connectivity index (χ0) is 14.6. The number of hydrogen-bond donors (Lipinski definition) is 3. The van der Waals surface area contributed by atoms with Crippen LogP contribution in [0.2, 0.25) is 0 Å². The van der Waals surface area contributed by atoms with Crippen LogP contribution in [0.15, 0.2) is 24.3 Å². The van der Waals surface area contributed by atoms with Gasteiger partial charge in [0.05, 0.1) is 18.2 Å². The molecule has 1 aromatic rings. The number of hydrogen-bond acceptors (Lipinski definition) is 4. The molecule has 7 nitrogen and oxygen atoms in total. The summed E-state index contributed by atoms with van der Waals surface area (Å²) in [6.45, 7) is 0.243. The Bertz CT molecular complexity index is 556. The molecule has 1 aromatic carbocycles. The molecular weight excluding hydrogens is 262 g/mol. The molecule has 1 fully saturated rings. The molecule has 0 aromatic heterocycles. The molecule has 20 heavy (non-hydrogen) atoms. The van der Waals surface area contributed by atoms with Gasteiger partial charge in [-0.05, 0) is 24.3 Å². The molecule has 1 aliphatic rings. The van der Waals surface area contributed by atoms with Crippen molar-refractivity contribution in [1.82, 2.24) is 5.32 Å². The number of carbonyl (C=O) groups is 2. The van der Waals surface area contributed by atoms with Crippen LogP contribution in [0.1, 0.15) is 12.0 Å². The molecule has 0 radical (unpaired) electrons. The first-order valence-corrected chi connectivity index (χ1v) is 5.96. The number of urea groups is 1. The second-order valence-electron chi connectivity index (χ2n) is 4.46. The number of nitriles is 1. The predicted molar refractivity (Wildman–Crippen MR) is 69.1 cm³/mol. The molecule has 1 unspecified atom stereocenters. The first kappa shape index (κ1) is 13.8. The van der Waals surface area contributed by atoms with Gasteiger partial charge >= 0.3 is 12.0 Å². The van der Waals surface area contributed by atoms with Crippen LogP contribution in [-0.2, 0) is 9.53 Å². The van der Waals surface area contributed by atoms with Crippen LogP contribution in [0, 0.1) is 11.3 Å². The van der Waals surface area contributed by atoms with Crippen LogP contribution >= 0.6 is 0 Å². The first-order valence-electron chi connectivity index (χ1n) is 5.96. The van der Waals surface area contributed by atoms with Gasteiger partial charge in [-0.3, -0.25) is 0 Å². The van der Waals surface area contributed by atoms with Crippen molar-refractivity contribution in [3.05, 3.63) is 29.8 Å². The molecule has 104 valence electrons. The summed E-state index contributed by atoms with van der Waals surface area (Å²) in [5.74, 6) is -1.12. The van der Waals surface area contributed by atoms with Gasteiger partial charge < -0.3 is 20.5 Å². The van der Waals surface area contributed by atoms with Crippen molar-refractivity contribution < 1.29 is 19.4 Å². The quantitative estimate of drug-likeness (QED) is 0.759. The van der Waals surface area contributed by atoms with Crippen molar-refractivity contribution in [2.24, 2.45) is 0 Å². The van der Waals surface area contributed by atoms with Crippen LogP contribution in [0.25, 0.3) is 0 Å². The summed E-state index contributed by atoms with van der Waals surface area (Å²) in [4.78, 5) is 23.1. The molecule has 0 bridgehead atoms. The van der Waals surface area contributed by atoms with Gasteiger partial charge in [0.2, 0.25) is 0 Å². The number of nitrogens with one attached hydrogen (secondary N) is 2. The third-order valence-electron chi connectivity index (χ3n) is 3.06. The van der Waals surface area contributed by atoms with E-state index in [9.17, 15) is 14.7 Å². The van der Waals surface area contributed by atoms with Gasteiger partial charge in [0.25, 0.3) is 0 Å². The Labute approximate surface area is 115 Å². The Morgan fingerprint density at radius 3 is 2.55 bits per heavy atom. The second-order valence-corrected chi connectivity index (χ2v) is 4.46. The first-order chi connectivity index (χ1) is 9.55. The Morgan fingerprint density at radius 2 is 2.05 bits per heavy atom. The highest BCUT2D eigenvalue weighted by Gasteiger charge is 2.44. The maximum absolute atomic E-state index is 11.8. The number of aliphatic carboxylic acids is 1. The molecule has 3 N–H and O–H groups in total. The number of benzene rings is 1.